The molecule has 146 valence electrons. The van der Waals surface area contributed by atoms with Gasteiger partial charge in [0.2, 0.25) is 10.0 Å². The quantitative estimate of drug-likeness (QED) is 0.683. The van der Waals surface area contributed by atoms with Crippen molar-refractivity contribution in [2.75, 3.05) is 13.1 Å². The number of carbonyl (C=O) groups is 1. The maximum Gasteiger partial charge on any atom is 0.326 e. The standard InChI is InChI=1S/C20H21N3O4S/c1-14(24)15-5-4-6-17(13-15)28(26,27)22-11-9-16(10-12-22)23-19-8-3-2-7-18(19)21-20(23)25/h2-8,13,16H,9-12H2,1H3,(H,21,25). The van der Waals surface area contributed by atoms with E-state index in [4.69, 9.17) is 0 Å². The molecule has 3 aromatic rings. The van der Waals surface area contributed by atoms with Crippen LogP contribution in [0.5, 0.6) is 0 Å². The molecule has 1 saturated heterocycles. The summed E-state index contributed by atoms with van der Waals surface area (Å²) in [5.41, 5.74) is 1.82. The van der Waals surface area contributed by atoms with Crippen molar-refractivity contribution in [2.45, 2.75) is 30.7 Å². The highest BCUT2D eigenvalue weighted by atomic mass is 32.2. The number of Topliss-reactive ketones (excluding diaryl/α,β-unsaturated/α-hetero) is 1. The maximum atomic E-state index is 13.0. The molecule has 0 saturated carbocycles. The van der Waals surface area contributed by atoms with Crippen LogP contribution in [-0.2, 0) is 10.0 Å². The minimum atomic E-state index is -3.68. The first kappa shape index (κ1) is 18.6. The molecule has 28 heavy (non-hydrogen) atoms. The number of imidazole rings is 1. The van der Waals surface area contributed by atoms with Crippen molar-refractivity contribution in [3.8, 4) is 0 Å². The van der Waals surface area contributed by atoms with E-state index < -0.39 is 10.0 Å². The fourth-order valence-electron chi connectivity index (χ4n) is 3.80. The second kappa shape index (κ2) is 7.03. The molecule has 1 aliphatic heterocycles. The molecular formula is C20H21N3O4S. The lowest BCUT2D eigenvalue weighted by Crippen LogP contribution is -2.40. The summed E-state index contributed by atoms with van der Waals surface area (Å²) >= 11 is 0. The van der Waals surface area contributed by atoms with Gasteiger partial charge in [0, 0.05) is 24.7 Å². The molecular weight excluding hydrogens is 378 g/mol. The van der Waals surface area contributed by atoms with Crippen molar-refractivity contribution in [3.05, 3.63) is 64.6 Å². The molecule has 0 unspecified atom stereocenters. The third-order valence-corrected chi connectivity index (χ3v) is 7.19. The normalized spacial score (nSPS) is 16.5. The largest absolute Gasteiger partial charge is 0.326 e. The minimum absolute atomic E-state index is 0.0568. The van der Waals surface area contributed by atoms with Crippen LogP contribution in [0.2, 0.25) is 0 Å². The van der Waals surface area contributed by atoms with Gasteiger partial charge in [-0.25, -0.2) is 13.2 Å². The Hall–Kier alpha value is -2.71. The van der Waals surface area contributed by atoms with E-state index in [9.17, 15) is 18.0 Å². The fraction of sp³-hybridized carbons (Fsp3) is 0.300. The molecule has 0 aliphatic carbocycles. The summed E-state index contributed by atoms with van der Waals surface area (Å²) in [5.74, 6) is -0.172. The lowest BCUT2D eigenvalue weighted by molar-refractivity contribution is 0.101. The average Bonchev–Trinajstić information content (AvgIpc) is 3.04. The molecule has 0 amide bonds. The molecule has 1 N–H and O–H groups in total. The molecule has 7 nitrogen and oxygen atoms in total. The van der Waals surface area contributed by atoms with Crippen LogP contribution >= 0.6 is 0 Å². The van der Waals surface area contributed by atoms with Crippen LogP contribution in [0.4, 0.5) is 0 Å². The minimum Gasteiger partial charge on any atom is -0.306 e. The number of sulfonamides is 1. The van der Waals surface area contributed by atoms with E-state index in [0.717, 1.165) is 11.0 Å². The lowest BCUT2D eigenvalue weighted by Gasteiger charge is -2.31. The van der Waals surface area contributed by atoms with Gasteiger partial charge in [0.15, 0.2) is 5.78 Å². The maximum absolute atomic E-state index is 13.0. The van der Waals surface area contributed by atoms with Crippen LogP contribution in [0, 0.1) is 0 Å². The first-order valence-corrected chi connectivity index (χ1v) is 10.6. The summed E-state index contributed by atoms with van der Waals surface area (Å²) in [7, 11) is -3.68. The summed E-state index contributed by atoms with van der Waals surface area (Å²) in [5, 5.41) is 0. The number of H-pyrrole nitrogens is 1. The first-order chi connectivity index (χ1) is 13.4. The number of nitrogens with one attached hydrogen (secondary N) is 1. The highest BCUT2D eigenvalue weighted by molar-refractivity contribution is 7.89. The number of benzene rings is 2. The zero-order valence-electron chi connectivity index (χ0n) is 15.5. The van der Waals surface area contributed by atoms with Crippen LogP contribution < -0.4 is 5.69 Å². The van der Waals surface area contributed by atoms with Crippen molar-refractivity contribution >= 4 is 26.8 Å². The van der Waals surface area contributed by atoms with Crippen LogP contribution in [-0.4, -0.2) is 41.1 Å². The van der Waals surface area contributed by atoms with Crippen LogP contribution in [0.3, 0.4) is 0 Å². The van der Waals surface area contributed by atoms with Crippen molar-refractivity contribution in [3.63, 3.8) is 0 Å². The molecule has 1 aliphatic rings. The van der Waals surface area contributed by atoms with Crippen molar-refractivity contribution in [2.24, 2.45) is 0 Å². The molecule has 2 heterocycles. The molecule has 1 fully saturated rings. The van der Waals surface area contributed by atoms with Crippen molar-refractivity contribution in [1.82, 2.24) is 13.9 Å². The van der Waals surface area contributed by atoms with Gasteiger partial charge in [-0.05, 0) is 44.0 Å². The fourth-order valence-corrected chi connectivity index (χ4v) is 5.32. The summed E-state index contributed by atoms with van der Waals surface area (Å²) in [6.07, 6.45) is 1.10. The van der Waals surface area contributed by atoms with Gasteiger partial charge in [0.05, 0.1) is 15.9 Å². The molecule has 0 spiro atoms. The summed E-state index contributed by atoms with van der Waals surface area (Å²) in [6, 6.07) is 13.6. The molecule has 2 aromatic carbocycles. The number of aromatic amines is 1. The van der Waals surface area contributed by atoms with Crippen LogP contribution in [0.15, 0.2) is 58.2 Å². The average molecular weight is 399 g/mol. The number of fused-ring (bicyclic) bond motifs is 1. The molecule has 8 heteroatoms. The Balaban J connectivity index is 1.57. The van der Waals surface area contributed by atoms with E-state index in [0.29, 0.717) is 31.5 Å². The molecule has 1 aromatic heterocycles. The Bertz CT molecular complexity index is 1200. The Kier molecular flexibility index (Phi) is 4.68. The molecule has 0 atom stereocenters. The van der Waals surface area contributed by atoms with E-state index in [2.05, 4.69) is 4.98 Å². The van der Waals surface area contributed by atoms with Gasteiger partial charge < -0.3 is 4.98 Å². The summed E-state index contributed by atoms with van der Waals surface area (Å²) in [4.78, 5) is 26.9. The van der Waals surface area contributed by atoms with Crippen molar-refractivity contribution < 1.29 is 13.2 Å². The van der Waals surface area contributed by atoms with E-state index in [1.165, 1.54) is 23.4 Å². The monoisotopic (exact) mass is 399 g/mol. The highest BCUT2D eigenvalue weighted by Crippen LogP contribution is 2.28. The van der Waals surface area contributed by atoms with Gasteiger partial charge in [-0.1, -0.05) is 24.3 Å². The van der Waals surface area contributed by atoms with Gasteiger partial charge in [-0.2, -0.15) is 4.31 Å². The number of para-hydroxylation sites is 2. The Morgan fingerprint density at radius 3 is 2.50 bits per heavy atom. The van der Waals surface area contributed by atoms with Crippen LogP contribution in [0.1, 0.15) is 36.2 Å². The molecule has 0 bridgehead atoms. The Labute approximate surface area is 162 Å². The third kappa shape index (κ3) is 3.18. The van der Waals surface area contributed by atoms with Gasteiger partial charge in [0.25, 0.3) is 0 Å². The number of rotatable bonds is 4. The lowest BCUT2D eigenvalue weighted by atomic mass is 10.1. The number of hydrogen-bond donors (Lipinski definition) is 1. The topological polar surface area (TPSA) is 92.2 Å². The highest BCUT2D eigenvalue weighted by Gasteiger charge is 2.31. The number of ketones is 1. The Morgan fingerprint density at radius 1 is 1.07 bits per heavy atom. The van der Waals surface area contributed by atoms with Gasteiger partial charge in [-0.3, -0.25) is 9.36 Å². The first-order valence-electron chi connectivity index (χ1n) is 9.18. The van der Waals surface area contributed by atoms with E-state index in [1.54, 1.807) is 16.7 Å². The second-order valence-corrected chi connectivity index (χ2v) is 8.97. The zero-order valence-corrected chi connectivity index (χ0v) is 16.3. The van der Waals surface area contributed by atoms with E-state index >= 15 is 0 Å². The zero-order chi connectivity index (χ0) is 19.9. The number of hydrogen-bond acceptors (Lipinski definition) is 4. The SMILES string of the molecule is CC(=O)c1cccc(S(=O)(=O)N2CCC(n3c(=O)[nH]c4ccccc43)CC2)c1. The smallest absolute Gasteiger partial charge is 0.306 e. The Morgan fingerprint density at radius 2 is 1.79 bits per heavy atom. The van der Waals surface area contributed by atoms with E-state index in [-0.39, 0.29) is 22.4 Å². The number of carbonyl (C=O) groups excluding carboxylic acids is 1. The van der Waals surface area contributed by atoms with Gasteiger partial charge in [-0.15, -0.1) is 0 Å². The predicted molar refractivity (Wildman–Crippen MR) is 106 cm³/mol. The number of piperidine rings is 1. The third-order valence-electron chi connectivity index (χ3n) is 5.29. The summed E-state index contributed by atoms with van der Waals surface area (Å²) < 4.78 is 29.1. The molecule has 0 radical (unpaired) electrons. The molecule has 4 rings (SSSR count). The van der Waals surface area contributed by atoms with Gasteiger partial charge in [0.1, 0.15) is 0 Å². The summed E-state index contributed by atoms with van der Waals surface area (Å²) in [6.45, 7) is 2.06. The number of aromatic nitrogens is 2. The van der Waals surface area contributed by atoms with Crippen molar-refractivity contribution in [1.29, 1.82) is 0 Å². The van der Waals surface area contributed by atoms with Crippen LogP contribution in [0.25, 0.3) is 11.0 Å². The predicted octanol–water partition coefficient (Wildman–Crippen LogP) is 2.56. The second-order valence-electron chi connectivity index (χ2n) is 7.04. The van der Waals surface area contributed by atoms with E-state index in [1.807, 2.05) is 24.3 Å². The number of nitrogens with zero attached hydrogens (tertiary/aromatic N) is 2. The van der Waals surface area contributed by atoms with Gasteiger partial charge >= 0.3 is 5.69 Å².